The summed E-state index contributed by atoms with van der Waals surface area (Å²) < 4.78 is 0. The number of carbonyl (C=O) groups is 1. The largest absolute Gasteiger partial charge is 0.477 e. The van der Waals surface area contributed by atoms with Gasteiger partial charge in [-0.2, -0.15) is 0 Å². The molecule has 0 bridgehead atoms. The highest BCUT2D eigenvalue weighted by molar-refractivity contribution is 5.93. The Balaban J connectivity index is 2.05. The van der Waals surface area contributed by atoms with Gasteiger partial charge in [-0.15, -0.1) is 0 Å². The molecule has 0 saturated carbocycles. The van der Waals surface area contributed by atoms with Crippen LogP contribution in [0.1, 0.15) is 15.9 Å². The number of nitrogens with one attached hydrogen (secondary N) is 1. The standard InChI is InChI=1S/C14H13N3O4/c18-14(19)12-4-3-11(8-13(12)17(20)21)16-7-5-10-2-1-6-15-9-10/h1-4,6,8-9,16H,5,7H2,(H,18,19). The molecule has 0 unspecified atom stereocenters. The Morgan fingerprint density at radius 2 is 2.19 bits per heavy atom. The van der Waals surface area contributed by atoms with Crippen molar-refractivity contribution in [2.24, 2.45) is 0 Å². The van der Waals surface area contributed by atoms with Gasteiger partial charge < -0.3 is 10.4 Å². The van der Waals surface area contributed by atoms with Crippen molar-refractivity contribution in [2.45, 2.75) is 6.42 Å². The Bertz CT molecular complexity index is 659. The Morgan fingerprint density at radius 1 is 1.38 bits per heavy atom. The third kappa shape index (κ3) is 3.75. The molecule has 1 aromatic carbocycles. The Kier molecular flexibility index (Phi) is 4.45. The summed E-state index contributed by atoms with van der Waals surface area (Å²) in [6, 6.07) is 7.74. The number of hydrogen-bond donors (Lipinski definition) is 2. The monoisotopic (exact) mass is 287 g/mol. The molecule has 108 valence electrons. The lowest BCUT2D eigenvalue weighted by atomic mass is 10.1. The van der Waals surface area contributed by atoms with Crippen LogP contribution in [-0.4, -0.2) is 27.5 Å². The first-order valence-electron chi connectivity index (χ1n) is 6.22. The Hall–Kier alpha value is -2.96. The fourth-order valence-corrected chi connectivity index (χ4v) is 1.87. The van der Waals surface area contributed by atoms with Gasteiger partial charge in [-0.1, -0.05) is 6.07 Å². The van der Waals surface area contributed by atoms with E-state index in [4.69, 9.17) is 5.11 Å². The first-order valence-corrected chi connectivity index (χ1v) is 6.22. The zero-order valence-corrected chi connectivity index (χ0v) is 11.0. The number of nitrogens with zero attached hydrogens (tertiary/aromatic N) is 2. The molecule has 0 aliphatic carbocycles. The molecule has 2 N–H and O–H groups in total. The van der Waals surface area contributed by atoms with Gasteiger partial charge in [0.1, 0.15) is 5.56 Å². The van der Waals surface area contributed by atoms with Crippen LogP contribution in [0.3, 0.4) is 0 Å². The number of carboxylic acids is 1. The van der Waals surface area contributed by atoms with Crippen LogP contribution in [-0.2, 0) is 6.42 Å². The normalized spacial score (nSPS) is 10.1. The first kappa shape index (κ1) is 14.4. The number of pyridine rings is 1. The molecular formula is C14H13N3O4. The number of rotatable bonds is 6. The smallest absolute Gasteiger partial charge is 0.342 e. The van der Waals surface area contributed by atoms with Crippen LogP contribution >= 0.6 is 0 Å². The summed E-state index contributed by atoms with van der Waals surface area (Å²) >= 11 is 0. The minimum atomic E-state index is -1.32. The van der Waals surface area contributed by atoms with Crippen LogP contribution in [0.4, 0.5) is 11.4 Å². The van der Waals surface area contributed by atoms with Crippen LogP contribution in [0.25, 0.3) is 0 Å². The minimum absolute atomic E-state index is 0.321. The van der Waals surface area contributed by atoms with Gasteiger partial charge in [0.25, 0.3) is 5.69 Å². The van der Waals surface area contributed by atoms with E-state index in [0.717, 1.165) is 5.56 Å². The molecule has 0 fully saturated rings. The van der Waals surface area contributed by atoms with Gasteiger partial charge in [0, 0.05) is 30.7 Å². The summed E-state index contributed by atoms with van der Waals surface area (Å²) in [5, 5.41) is 22.8. The average Bonchev–Trinajstić information content (AvgIpc) is 2.48. The zero-order valence-electron chi connectivity index (χ0n) is 11.0. The summed E-state index contributed by atoms with van der Waals surface area (Å²) in [6.07, 6.45) is 4.14. The number of anilines is 1. The molecule has 2 aromatic rings. The molecule has 0 aliphatic heterocycles. The number of nitro benzene ring substituents is 1. The van der Waals surface area contributed by atoms with Crippen molar-refractivity contribution in [3.8, 4) is 0 Å². The maximum Gasteiger partial charge on any atom is 0.342 e. The predicted molar refractivity (Wildman–Crippen MR) is 76.5 cm³/mol. The van der Waals surface area contributed by atoms with Crippen LogP contribution in [0.15, 0.2) is 42.7 Å². The number of aromatic nitrogens is 1. The van der Waals surface area contributed by atoms with Crippen LogP contribution < -0.4 is 5.32 Å². The minimum Gasteiger partial charge on any atom is -0.477 e. The van der Waals surface area contributed by atoms with E-state index in [1.165, 1.54) is 18.2 Å². The summed E-state index contributed by atoms with van der Waals surface area (Å²) in [6.45, 7) is 0.565. The van der Waals surface area contributed by atoms with E-state index in [2.05, 4.69) is 10.3 Å². The van der Waals surface area contributed by atoms with Crippen molar-refractivity contribution in [1.82, 2.24) is 4.98 Å². The molecule has 0 amide bonds. The topological polar surface area (TPSA) is 105 Å². The number of carboxylic acid groups (broad SMARTS) is 1. The van der Waals surface area contributed by atoms with E-state index < -0.39 is 16.6 Å². The fourth-order valence-electron chi connectivity index (χ4n) is 1.87. The van der Waals surface area contributed by atoms with E-state index in [-0.39, 0.29) is 5.56 Å². The quantitative estimate of drug-likeness (QED) is 0.624. The Labute approximate surface area is 120 Å². The molecule has 21 heavy (non-hydrogen) atoms. The predicted octanol–water partition coefficient (Wildman–Crippen LogP) is 2.34. The van der Waals surface area contributed by atoms with Gasteiger partial charge in [-0.25, -0.2) is 4.79 Å². The summed E-state index contributed by atoms with van der Waals surface area (Å²) in [7, 11) is 0. The molecule has 0 radical (unpaired) electrons. The highest BCUT2D eigenvalue weighted by atomic mass is 16.6. The van der Waals surface area contributed by atoms with Crippen molar-refractivity contribution >= 4 is 17.3 Å². The van der Waals surface area contributed by atoms with Crippen molar-refractivity contribution in [3.63, 3.8) is 0 Å². The molecule has 2 rings (SSSR count). The van der Waals surface area contributed by atoms with Crippen molar-refractivity contribution in [1.29, 1.82) is 0 Å². The van der Waals surface area contributed by atoms with E-state index in [9.17, 15) is 14.9 Å². The van der Waals surface area contributed by atoms with Gasteiger partial charge in [-0.3, -0.25) is 15.1 Å². The summed E-state index contributed by atoms with van der Waals surface area (Å²) in [5.74, 6) is -1.32. The number of benzene rings is 1. The lowest BCUT2D eigenvalue weighted by molar-refractivity contribution is -0.385. The third-order valence-electron chi connectivity index (χ3n) is 2.89. The zero-order chi connectivity index (χ0) is 15.2. The first-order chi connectivity index (χ1) is 10.1. The third-order valence-corrected chi connectivity index (χ3v) is 2.89. The molecule has 0 atom stereocenters. The maximum absolute atomic E-state index is 10.9. The molecular weight excluding hydrogens is 274 g/mol. The van der Waals surface area contributed by atoms with Gasteiger partial charge in [0.2, 0.25) is 0 Å². The number of nitro groups is 1. The van der Waals surface area contributed by atoms with Crippen molar-refractivity contribution < 1.29 is 14.8 Å². The van der Waals surface area contributed by atoms with Crippen molar-refractivity contribution in [2.75, 3.05) is 11.9 Å². The van der Waals surface area contributed by atoms with E-state index in [0.29, 0.717) is 18.7 Å². The second kappa shape index (κ2) is 6.47. The second-order valence-electron chi connectivity index (χ2n) is 4.33. The summed E-state index contributed by atoms with van der Waals surface area (Å²) in [4.78, 5) is 25.1. The van der Waals surface area contributed by atoms with E-state index >= 15 is 0 Å². The van der Waals surface area contributed by atoms with Crippen LogP contribution in [0.2, 0.25) is 0 Å². The van der Waals surface area contributed by atoms with Gasteiger partial charge >= 0.3 is 5.97 Å². The summed E-state index contributed by atoms with van der Waals surface area (Å²) in [5.41, 5.74) is 0.809. The molecule has 7 heteroatoms. The van der Waals surface area contributed by atoms with E-state index in [1.807, 2.05) is 12.1 Å². The molecule has 0 saturated heterocycles. The number of hydrogen-bond acceptors (Lipinski definition) is 5. The molecule has 0 spiro atoms. The van der Waals surface area contributed by atoms with Crippen LogP contribution in [0.5, 0.6) is 0 Å². The number of aromatic carboxylic acids is 1. The molecule has 0 aliphatic rings. The van der Waals surface area contributed by atoms with E-state index in [1.54, 1.807) is 12.4 Å². The molecule has 1 aromatic heterocycles. The van der Waals surface area contributed by atoms with Gasteiger partial charge in [0.15, 0.2) is 0 Å². The van der Waals surface area contributed by atoms with Gasteiger partial charge in [0.05, 0.1) is 4.92 Å². The second-order valence-corrected chi connectivity index (χ2v) is 4.33. The van der Waals surface area contributed by atoms with Gasteiger partial charge in [-0.05, 0) is 30.2 Å². The lowest BCUT2D eigenvalue weighted by Gasteiger charge is -2.07. The highest BCUT2D eigenvalue weighted by Crippen LogP contribution is 2.23. The Morgan fingerprint density at radius 3 is 2.81 bits per heavy atom. The molecule has 1 heterocycles. The SMILES string of the molecule is O=C(O)c1ccc(NCCc2cccnc2)cc1[N+](=O)[O-]. The fraction of sp³-hybridized carbons (Fsp3) is 0.143. The highest BCUT2D eigenvalue weighted by Gasteiger charge is 2.19. The average molecular weight is 287 g/mol. The lowest BCUT2D eigenvalue weighted by Crippen LogP contribution is -2.07. The maximum atomic E-state index is 10.9. The molecule has 7 nitrogen and oxygen atoms in total. The van der Waals surface area contributed by atoms with Crippen LogP contribution in [0, 0.1) is 10.1 Å². The van der Waals surface area contributed by atoms with Crippen molar-refractivity contribution in [3.05, 3.63) is 64.0 Å².